The van der Waals surface area contributed by atoms with Crippen molar-refractivity contribution in [2.75, 3.05) is 0 Å². The van der Waals surface area contributed by atoms with Crippen LogP contribution in [0, 0.1) is 24.5 Å². The monoisotopic (exact) mass is 870 g/mol. The van der Waals surface area contributed by atoms with Crippen molar-refractivity contribution < 1.29 is 25.8 Å². The van der Waals surface area contributed by atoms with Crippen molar-refractivity contribution in [2.45, 2.75) is 60.3 Å². The van der Waals surface area contributed by atoms with Gasteiger partial charge in [-0.1, -0.05) is 71.9 Å². The molecule has 50 heavy (non-hydrogen) atoms. The predicted molar refractivity (Wildman–Crippen MR) is 207 cm³/mol. The first-order valence-electron chi connectivity index (χ1n) is 16.6. The van der Waals surface area contributed by atoms with Gasteiger partial charge in [0.2, 0.25) is 0 Å². The second-order valence-electron chi connectivity index (χ2n) is 15.1. The van der Waals surface area contributed by atoms with Crippen LogP contribution < -0.4 is 4.74 Å². The van der Waals surface area contributed by atoms with Gasteiger partial charge in [-0.25, -0.2) is 0 Å². The van der Waals surface area contributed by atoms with Gasteiger partial charge in [-0.2, -0.15) is 10.2 Å². The third-order valence-corrected chi connectivity index (χ3v) is 11.1. The van der Waals surface area contributed by atoms with Crippen LogP contribution in [-0.4, -0.2) is 15.2 Å². The van der Waals surface area contributed by atoms with E-state index in [0.717, 1.165) is 44.7 Å². The fourth-order valence-corrected chi connectivity index (χ4v) is 8.99. The molecule has 8 rings (SSSR count). The molecule has 0 atom stereocenters. The van der Waals surface area contributed by atoms with Gasteiger partial charge < -0.3 is 9.72 Å². The van der Waals surface area contributed by atoms with Gasteiger partial charge in [0.15, 0.2) is 0 Å². The number of nitrogens with zero attached hydrogens (tertiary/aromatic N) is 3. The number of ether oxygens (including phenoxy) is 1. The van der Waals surface area contributed by atoms with Gasteiger partial charge in [-0.15, -0.1) is 70.2 Å². The summed E-state index contributed by atoms with van der Waals surface area (Å²) >= 11 is 3.65. The second-order valence-corrected chi connectivity index (χ2v) is 17.2. The molecule has 0 aliphatic carbocycles. The summed E-state index contributed by atoms with van der Waals surface area (Å²) < 4.78 is 11.3. The normalized spacial score (nSPS) is 12.2. The average Bonchev–Trinajstić information content (AvgIpc) is 3.60. The molecule has 0 saturated heterocycles. The van der Waals surface area contributed by atoms with E-state index in [1.807, 2.05) is 53.9 Å². The van der Waals surface area contributed by atoms with E-state index >= 15 is 0 Å². The summed E-state index contributed by atoms with van der Waals surface area (Å²) in [6.45, 7) is 15.6. The summed E-state index contributed by atoms with van der Waals surface area (Å²) in [5.74, 6) is 1.20. The van der Waals surface area contributed by atoms with E-state index < -0.39 is 0 Å². The van der Waals surface area contributed by atoms with Crippen LogP contribution in [0.3, 0.4) is 0 Å². The fraction of sp³-hybridized carbons (Fsp3) is 0.233. The Kier molecular flexibility index (Phi) is 8.95. The largest absolute Gasteiger partial charge is 2.00 e. The van der Waals surface area contributed by atoms with Crippen molar-refractivity contribution in [2.24, 2.45) is 5.41 Å². The number of hydrogen-bond donors (Lipinski definition) is 0. The Morgan fingerprint density at radius 3 is 2.12 bits per heavy atom. The number of fused-ring (bicyclic) bond motifs is 6. The molecule has 0 bridgehead atoms. The van der Waals surface area contributed by atoms with Crippen LogP contribution in [-0.2, 0) is 32.9 Å². The molecule has 0 fully saturated rings. The molecule has 0 aliphatic rings. The summed E-state index contributed by atoms with van der Waals surface area (Å²) in [6.07, 6.45) is 2.93. The predicted octanol–water partition coefficient (Wildman–Crippen LogP) is 12.5. The standard InChI is InChI=1S/C43H37N3OS2.Pt/c1-25-39-34-23-37-33(32-15-14-26(18-36(32)48-37)24-42(2,3)4)22-38(34)49-41(39)40(46-45-25)28-11-9-13-31(20-28)47-30-12-8-10-27(19-30)35-21-29(16-17-44-35)43(5,6)7;/h8-18,21-23H,24H2,1-7H3;/q-2;+2. The molecule has 252 valence electrons. The Hall–Kier alpha value is -3.96. The molecule has 0 aliphatic heterocycles. The number of benzene rings is 4. The van der Waals surface area contributed by atoms with Crippen LogP contribution >= 0.6 is 22.7 Å². The molecule has 0 N–H and O–H groups in total. The summed E-state index contributed by atoms with van der Waals surface area (Å²) in [6, 6.07) is 34.6. The molecule has 0 radical (unpaired) electrons. The first-order valence-corrected chi connectivity index (χ1v) is 18.3. The molecule has 0 unspecified atom stereocenters. The molecular weight excluding hydrogens is 834 g/mol. The number of pyridine rings is 1. The van der Waals surface area contributed by atoms with Gasteiger partial charge in [-0.05, 0) is 65.3 Å². The van der Waals surface area contributed by atoms with Crippen LogP contribution in [0.25, 0.3) is 62.9 Å². The molecular formula is C43H37N3OPtS2. The molecule has 0 amide bonds. The maximum atomic E-state index is 6.33. The first-order chi connectivity index (χ1) is 23.4. The fourth-order valence-electron chi connectivity index (χ4n) is 6.52. The quantitative estimate of drug-likeness (QED) is 0.162. The van der Waals surface area contributed by atoms with E-state index in [2.05, 4.69) is 113 Å². The Morgan fingerprint density at radius 1 is 0.700 bits per heavy atom. The van der Waals surface area contributed by atoms with Gasteiger partial charge in [0.25, 0.3) is 0 Å². The summed E-state index contributed by atoms with van der Waals surface area (Å²) in [4.78, 5) is 4.61. The SMILES string of the molecule is Cc1nnc(-c2[c-]c(Oc3[c-]c(-c4cc(C(C)(C)C)ccn4)ccc3)ccc2)c2sc3cc4c(cc3c12)sc1cc(CC(C)(C)C)ccc14.[Pt+2]. The number of aromatic nitrogens is 3. The third-order valence-electron chi connectivity index (χ3n) is 8.87. The van der Waals surface area contributed by atoms with Crippen LogP contribution in [0.15, 0.2) is 85.1 Å². The van der Waals surface area contributed by atoms with E-state index in [1.54, 1.807) is 11.3 Å². The van der Waals surface area contributed by atoms with Gasteiger partial charge in [0.1, 0.15) is 0 Å². The smallest absolute Gasteiger partial charge is 0.497 e. The van der Waals surface area contributed by atoms with Crippen LogP contribution in [0.4, 0.5) is 0 Å². The Morgan fingerprint density at radius 2 is 1.38 bits per heavy atom. The van der Waals surface area contributed by atoms with E-state index in [1.165, 1.54) is 41.4 Å². The zero-order chi connectivity index (χ0) is 34.1. The maximum absolute atomic E-state index is 6.33. The molecule has 4 heterocycles. The number of aryl methyl sites for hydroxylation is 1. The van der Waals surface area contributed by atoms with Crippen molar-refractivity contribution in [1.29, 1.82) is 0 Å². The maximum Gasteiger partial charge on any atom is 2.00 e. The Labute approximate surface area is 315 Å². The second kappa shape index (κ2) is 13.0. The molecule has 4 nitrogen and oxygen atoms in total. The molecule has 7 heteroatoms. The molecule has 8 aromatic rings. The van der Waals surface area contributed by atoms with E-state index in [9.17, 15) is 0 Å². The van der Waals surface area contributed by atoms with Crippen LogP contribution in [0.1, 0.15) is 58.4 Å². The minimum Gasteiger partial charge on any atom is -0.497 e. The minimum absolute atomic E-state index is 0. The molecule has 0 saturated carbocycles. The van der Waals surface area contributed by atoms with E-state index in [-0.39, 0.29) is 31.9 Å². The van der Waals surface area contributed by atoms with Gasteiger partial charge in [0, 0.05) is 63.7 Å². The number of thiophene rings is 2. The van der Waals surface area contributed by atoms with Crippen molar-refractivity contribution in [3.05, 3.63) is 114 Å². The van der Waals surface area contributed by atoms with Crippen molar-refractivity contribution in [3.63, 3.8) is 0 Å². The Balaban J connectivity index is 0.00000392. The summed E-state index contributed by atoms with van der Waals surface area (Å²) in [5, 5.41) is 14.4. The average molecular weight is 871 g/mol. The van der Waals surface area contributed by atoms with Gasteiger partial charge in [0.05, 0.1) is 5.69 Å². The van der Waals surface area contributed by atoms with Gasteiger partial charge in [-0.3, -0.25) is 0 Å². The number of hydrogen-bond acceptors (Lipinski definition) is 6. The zero-order valence-electron chi connectivity index (χ0n) is 29.2. The van der Waals surface area contributed by atoms with E-state index in [0.29, 0.717) is 11.5 Å². The zero-order valence-corrected chi connectivity index (χ0v) is 33.1. The molecule has 4 aromatic heterocycles. The summed E-state index contributed by atoms with van der Waals surface area (Å²) in [7, 11) is 0. The molecule has 4 aromatic carbocycles. The minimum atomic E-state index is 0. The van der Waals surface area contributed by atoms with Crippen molar-refractivity contribution in [1.82, 2.24) is 15.2 Å². The molecule has 0 spiro atoms. The Bertz CT molecular complexity index is 2550. The third kappa shape index (κ3) is 6.62. The van der Waals surface area contributed by atoms with Crippen LogP contribution in [0.2, 0.25) is 0 Å². The van der Waals surface area contributed by atoms with Crippen LogP contribution in [0.5, 0.6) is 11.5 Å². The van der Waals surface area contributed by atoms with Crippen molar-refractivity contribution >= 4 is 63.0 Å². The van der Waals surface area contributed by atoms with E-state index in [4.69, 9.17) is 9.84 Å². The summed E-state index contributed by atoms with van der Waals surface area (Å²) in [5.41, 5.74) is 7.25. The first kappa shape index (κ1) is 34.5. The number of rotatable bonds is 5. The topological polar surface area (TPSA) is 47.9 Å². The van der Waals surface area contributed by atoms with Crippen molar-refractivity contribution in [3.8, 4) is 34.0 Å². The van der Waals surface area contributed by atoms with Gasteiger partial charge >= 0.3 is 21.1 Å².